The molecule has 0 spiro atoms. The average Bonchev–Trinajstić information content (AvgIpc) is 3.21. The molecule has 120 valence electrons. The second kappa shape index (κ2) is 6.98. The fourth-order valence-corrected chi connectivity index (χ4v) is 4.42. The lowest BCUT2D eigenvalue weighted by Crippen LogP contribution is -2.27. The molecule has 0 atom stereocenters. The summed E-state index contributed by atoms with van der Waals surface area (Å²) < 4.78 is 6.64. The Hall–Kier alpha value is -1.44. The van der Waals surface area contributed by atoms with E-state index in [1.54, 1.807) is 16.2 Å². The molecule has 0 unspecified atom stereocenters. The quantitative estimate of drug-likeness (QED) is 0.610. The van der Waals surface area contributed by atoms with Crippen molar-refractivity contribution in [3.05, 3.63) is 49.8 Å². The second-order valence-electron chi connectivity index (χ2n) is 5.19. The van der Waals surface area contributed by atoms with Gasteiger partial charge in [-0.05, 0) is 47.1 Å². The molecule has 3 heterocycles. The molecule has 0 saturated carbocycles. The van der Waals surface area contributed by atoms with Crippen LogP contribution in [0, 0.1) is 6.92 Å². The van der Waals surface area contributed by atoms with Crippen LogP contribution < -0.4 is 0 Å². The minimum Gasteiger partial charge on any atom is -0.459 e. The number of carbonyl (C=O) groups excluding carboxylic acids is 1. The maximum atomic E-state index is 12.3. The second-order valence-corrected chi connectivity index (χ2v) is 8.59. The number of likely N-dealkylation sites (N-methyl/N-ethyl adjacent to an activating group) is 1. The standard InChI is InChI=1S/C16H15BrN2O2S2/c1-10-3-5-13(21-10)16-18-11(9-22-16)7-15(20)19(2)8-12-4-6-14(17)23-12/h3-6,9H,7-8H2,1-2H3. The van der Waals surface area contributed by atoms with Gasteiger partial charge < -0.3 is 9.32 Å². The highest BCUT2D eigenvalue weighted by Crippen LogP contribution is 2.26. The van der Waals surface area contributed by atoms with Crippen molar-refractivity contribution in [3.8, 4) is 10.8 Å². The van der Waals surface area contributed by atoms with E-state index in [1.807, 2.05) is 43.6 Å². The highest BCUT2D eigenvalue weighted by atomic mass is 79.9. The number of hydrogen-bond donors (Lipinski definition) is 0. The predicted molar refractivity (Wildman–Crippen MR) is 96.8 cm³/mol. The molecular formula is C16H15BrN2O2S2. The van der Waals surface area contributed by atoms with Gasteiger partial charge in [-0.25, -0.2) is 4.98 Å². The van der Waals surface area contributed by atoms with Gasteiger partial charge in [-0.2, -0.15) is 0 Å². The molecule has 4 nitrogen and oxygen atoms in total. The molecule has 0 N–H and O–H groups in total. The van der Waals surface area contributed by atoms with Crippen molar-refractivity contribution in [3.63, 3.8) is 0 Å². The zero-order valence-corrected chi connectivity index (χ0v) is 15.9. The van der Waals surface area contributed by atoms with E-state index in [1.165, 1.54) is 11.3 Å². The summed E-state index contributed by atoms with van der Waals surface area (Å²) in [6.07, 6.45) is 0.305. The molecule has 3 aromatic rings. The Balaban J connectivity index is 1.62. The summed E-state index contributed by atoms with van der Waals surface area (Å²) in [5.74, 6) is 1.67. The van der Waals surface area contributed by atoms with Crippen molar-refractivity contribution in [2.45, 2.75) is 19.9 Å². The fraction of sp³-hybridized carbons (Fsp3) is 0.250. The van der Waals surface area contributed by atoms with Gasteiger partial charge in [0.05, 0.1) is 22.4 Å². The monoisotopic (exact) mass is 410 g/mol. The third-order valence-corrected chi connectivity index (χ3v) is 5.80. The predicted octanol–water partition coefficient (Wildman–Crippen LogP) is 4.74. The van der Waals surface area contributed by atoms with Gasteiger partial charge in [0.1, 0.15) is 5.76 Å². The molecule has 0 bridgehead atoms. The van der Waals surface area contributed by atoms with E-state index >= 15 is 0 Å². The molecule has 0 aromatic carbocycles. The maximum absolute atomic E-state index is 12.3. The lowest BCUT2D eigenvalue weighted by molar-refractivity contribution is -0.129. The first kappa shape index (κ1) is 16.4. The Labute approximate surface area is 150 Å². The van der Waals surface area contributed by atoms with Crippen LogP contribution in [0.2, 0.25) is 0 Å². The number of halogens is 1. The average molecular weight is 411 g/mol. The van der Waals surface area contributed by atoms with Crippen molar-refractivity contribution < 1.29 is 9.21 Å². The fourth-order valence-electron chi connectivity index (χ4n) is 2.10. The van der Waals surface area contributed by atoms with Crippen LogP contribution in [0.4, 0.5) is 0 Å². The van der Waals surface area contributed by atoms with Gasteiger partial charge in [0.2, 0.25) is 5.91 Å². The number of aromatic nitrogens is 1. The summed E-state index contributed by atoms with van der Waals surface area (Å²) >= 11 is 6.57. The summed E-state index contributed by atoms with van der Waals surface area (Å²) in [5.41, 5.74) is 0.781. The number of nitrogens with zero attached hydrogens (tertiary/aromatic N) is 2. The number of furan rings is 1. The maximum Gasteiger partial charge on any atom is 0.228 e. The zero-order valence-electron chi connectivity index (χ0n) is 12.7. The highest BCUT2D eigenvalue weighted by molar-refractivity contribution is 9.11. The van der Waals surface area contributed by atoms with Gasteiger partial charge >= 0.3 is 0 Å². The molecule has 7 heteroatoms. The first-order chi connectivity index (χ1) is 11.0. The van der Waals surface area contributed by atoms with Crippen LogP contribution in [0.25, 0.3) is 10.8 Å². The van der Waals surface area contributed by atoms with Crippen molar-refractivity contribution in [1.29, 1.82) is 0 Å². The Kier molecular flexibility index (Phi) is 4.99. The number of carbonyl (C=O) groups is 1. The zero-order chi connectivity index (χ0) is 16.4. The summed E-state index contributed by atoms with van der Waals surface area (Å²) in [4.78, 5) is 19.7. The van der Waals surface area contributed by atoms with Crippen molar-refractivity contribution in [2.24, 2.45) is 0 Å². The van der Waals surface area contributed by atoms with Gasteiger partial charge in [-0.3, -0.25) is 4.79 Å². The van der Waals surface area contributed by atoms with Crippen LogP contribution >= 0.6 is 38.6 Å². The van der Waals surface area contributed by atoms with E-state index in [9.17, 15) is 4.79 Å². The number of amides is 1. The smallest absolute Gasteiger partial charge is 0.228 e. The highest BCUT2D eigenvalue weighted by Gasteiger charge is 2.15. The minimum absolute atomic E-state index is 0.0574. The Morgan fingerprint density at radius 2 is 2.17 bits per heavy atom. The first-order valence-electron chi connectivity index (χ1n) is 7.00. The van der Waals surface area contributed by atoms with Crippen LogP contribution in [0.1, 0.15) is 16.3 Å². The SMILES string of the molecule is Cc1ccc(-c2nc(CC(=O)N(C)Cc3ccc(Br)s3)cs2)o1. The molecule has 0 aliphatic carbocycles. The van der Waals surface area contributed by atoms with Gasteiger partial charge in [-0.1, -0.05) is 0 Å². The lowest BCUT2D eigenvalue weighted by atomic mass is 10.3. The Morgan fingerprint density at radius 1 is 1.35 bits per heavy atom. The third kappa shape index (κ3) is 4.10. The number of thiophene rings is 1. The Bertz CT molecular complexity index is 822. The molecule has 1 amide bonds. The summed E-state index contributed by atoms with van der Waals surface area (Å²) in [7, 11) is 1.82. The molecule has 3 aromatic heterocycles. The van der Waals surface area contributed by atoms with E-state index in [0.29, 0.717) is 13.0 Å². The van der Waals surface area contributed by atoms with E-state index in [2.05, 4.69) is 20.9 Å². The lowest BCUT2D eigenvalue weighted by Gasteiger charge is -2.15. The van der Waals surface area contributed by atoms with Gasteiger partial charge in [0.25, 0.3) is 0 Å². The van der Waals surface area contributed by atoms with Gasteiger partial charge in [0.15, 0.2) is 10.8 Å². The number of thiazole rings is 1. The third-order valence-electron chi connectivity index (χ3n) is 3.28. The van der Waals surface area contributed by atoms with Crippen molar-refractivity contribution in [2.75, 3.05) is 7.05 Å². The molecule has 0 aliphatic rings. The van der Waals surface area contributed by atoms with Crippen LogP contribution in [0.3, 0.4) is 0 Å². The van der Waals surface area contributed by atoms with E-state index in [0.717, 1.165) is 30.9 Å². The van der Waals surface area contributed by atoms with Crippen LogP contribution in [-0.2, 0) is 17.8 Å². The number of hydrogen-bond acceptors (Lipinski definition) is 5. The summed E-state index contributed by atoms with van der Waals surface area (Å²) in [6, 6.07) is 7.84. The minimum atomic E-state index is 0.0574. The number of rotatable bonds is 5. The molecule has 3 rings (SSSR count). The first-order valence-corrected chi connectivity index (χ1v) is 9.49. The molecule has 0 saturated heterocycles. The van der Waals surface area contributed by atoms with Gasteiger partial charge in [-0.15, -0.1) is 22.7 Å². The Morgan fingerprint density at radius 3 is 2.83 bits per heavy atom. The van der Waals surface area contributed by atoms with Crippen molar-refractivity contribution >= 4 is 44.5 Å². The van der Waals surface area contributed by atoms with Crippen molar-refractivity contribution in [1.82, 2.24) is 9.88 Å². The van der Waals surface area contributed by atoms with E-state index in [-0.39, 0.29) is 5.91 Å². The molecule has 0 radical (unpaired) electrons. The molecule has 0 aliphatic heterocycles. The van der Waals surface area contributed by atoms with E-state index in [4.69, 9.17) is 4.42 Å². The summed E-state index contributed by atoms with van der Waals surface area (Å²) in [5, 5.41) is 2.73. The van der Waals surface area contributed by atoms with Crippen LogP contribution in [0.15, 0.2) is 37.8 Å². The number of aryl methyl sites for hydroxylation is 1. The molecular weight excluding hydrogens is 396 g/mol. The normalized spacial score (nSPS) is 10.9. The van der Waals surface area contributed by atoms with Gasteiger partial charge in [0, 0.05) is 17.3 Å². The molecule has 0 fully saturated rings. The van der Waals surface area contributed by atoms with Crippen LogP contribution in [-0.4, -0.2) is 22.8 Å². The topological polar surface area (TPSA) is 46.3 Å². The molecule has 23 heavy (non-hydrogen) atoms. The summed E-state index contributed by atoms with van der Waals surface area (Å²) in [6.45, 7) is 2.52. The van der Waals surface area contributed by atoms with E-state index < -0.39 is 0 Å². The largest absolute Gasteiger partial charge is 0.459 e. The van der Waals surface area contributed by atoms with Crippen LogP contribution in [0.5, 0.6) is 0 Å².